The van der Waals surface area contributed by atoms with Gasteiger partial charge in [-0.05, 0) is 24.6 Å². The fourth-order valence-corrected chi connectivity index (χ4v) is 1.10. The van der Waals surface area contributed by atoms with Crippen molar-refractivity contribution in [1.82, 2.24) is 0 Å². The van der Waals surface area contributed by atoms with Gasteiger partial charge in [0.2, 0.25) is 0 Å². The third-order valence-electron chi connectivity index (χ3n) is 1.97. The number of carboxylic acids is 1. The average molecular weight is 234 g/mol. The third-order valence-corrected chi connectivity index (χ3v) is 1.97. The number of aliphatic carboxylic acids is 1. The number of nitrogens with two attached hydrogens (primary N) is 1. The minimum absolute atomic E-state index is 0. The van der Waals surface area contributed by atoms with Crippen molar-refractivity contribution < 1.29 is 14.3 Å². The van der Waals surface area contributed by atoms with E-state index in [4.69, 9.17) is 10.8 Å². The Kier molecular flexibility index (Phi) is 4.71. The van der Waals surface area contributed by atoms with Gasteiger partial charge in [0.1, 0.15) is 11.4 Å². The summed E-state index contributed by atoms with van der Waals surface area (Å²) in [5.74, 6) is -1.41. The monoisotopic (exact) mass is 233 g/mol. The summed E-state index contributed by atoms with van der Waals surface area (Å²) in [6.45, 7) is 1.43. The van der Waals surface area contributed by atoms with Crippen LogP contribution in [0, 0.1) is 5.82 Å². The van der Waals surface area contributed by atoms with E-state index in [2.05, 4.69) is 0 Å². The summed E-state index contributed by atoms with van der Waals surface area (Å²) >= 11 is 0. The van der Waals surface area contributed by atoms with Crippen LogP contribution in [0.25, 0.3) is 0 Å². The molecule has 15 heavy (non-hydrogen) atoms. The molecule has 1 unspecified atom stereocenters. The Morgan fingerprint density at radius 3 is 2.33 bits per heavy atom. The lowest BCUT2D eigenvalue weighted by Crippen LogP contribution is -2.46. The van der Waals surface area contributed by atoms with Crippen LogP contribution in [0.4, 0.5) is 4.39 Å². The summed E-state index contributed by atoms with van der Waals surface area (Å²) in [6, 6.07) is 5.63. The van der Waals surface area contributed by atoms with Crippen molar-refractivity contribution in [2.24, 2.45) is 5.73 Å². The highest BCUT2D eigenvalue weighted by molar-refractivity contribution is 5.85. The molecule has 84 valence electrons. The molecule has 1 rings (SSSR count). The maximum Gasteiger partial charge on any atom is 0.323 e. The van der Waals surface area contributed by atoms with E-state index in [-0.39, 0.29) is 24.6 Å². The van der Waals surface area contributed by atoms with E-state index >= 15 is 0 Å². The molecule has 0 aliphatic heterocycles. The minimum Gasteiger partial charge on any atom is -0.480 e. The lowest BCUT2D eigenvalue weighted by atomic mass is 9.94. The molecular formula is C10H13ClFNO2. The first-order chi connectivity index (χ1) is 6.42. The summed E-state index contributed by atoms with van der Waals surface area (Å²) in [5, 5.41) is 8.76. The maximum absolute atomic E-state index is 12.5. The van der Waals surface area contributed by atoms with Gasteiger partial charge in [-0.25, -0.2) is 4.39 Å². The van der Waals surface area contributed by atoms with Crippen LogP contribution in [0.1, 0.15) is 12.5 Å². The molecule has 0 aromatic heterocycles. The number of hydrogen-bond acceptors (Lipinski definition) is 2. The van der Waals surface area contributed by atoms with Gasteiger partial charge < -0.3 is 10.8 Å². The van der Waals surface area contributed by atoms with Gasteiger partial charge in [0, 0.05) is 6.42 Å². The normalized spacial score (nSPS) is 13.8. The predicted molar refractivity (Wildman–Crippen MR) is 57.6 cm³/mol. The van der Waals surface area contributed by atoms with Crippen molar-refractivity contribution >= 4 is 18.4 Å². The molecule has 3 nitrogen and oxygen atoms in total. The quantitative estimate of drug-likeness (QED) is 0.834. The van der Waals surface area contributed by atoms with E-state index in [0.29, 0.717) is 5.56 Å². The SMILES string of the molecule is CC(N)(Cc1ccc(F)cc1)C(=O)O.Cl. The molecule has 0 radical (unpaired) electrons. The fourth-order valence-electron chi connectivity index (χ4n) is 1.10. The van der Waals surface area contributed by atoms with Crippen molar-refractivity contribution in [3.63, 3.8) is 0 Å². The van der Waals surface area contributed by atoms with E-state index in [0.717, 1.165) is 0 Å². The van der Waals surface area contributed by atoms with Crippen LogP contribution in [0.3, 0.4) is 0 Å². The van der Waals surface area contributed by atoms with Crippen LogP contribution in [-0.2, 0) is 11.2 Å². The lowest BCUT2D eigenvalue weighted by Gasteiger charge is -2.18. The summed E-state index contributed by atoms with van der Waals surface area (Å²) in [5.41, 5.74) is 4.94. The van der Waals surface area contributed by atoms with Crippen molar-refractivity contribution in [2.75, 3.05) is 0 Å². The predicted octanol–water partition coefficient (Wildman–Crippen LogP) is 1.59. The molecule has 0 spiro atoms. The number of hydrogen-bond donors (Lipinski definition) is 2. The highest BCUT2D eigenvalue weighted by Gasteiger charge is 2.27. The van der Waals surface area contributed by atoms with Crippen LogP contribution in [0.2, 0.25) is 0 Å². The Labute approximate surface area is 93.5 Å². The van der Waals surface area contributed by atoms with Crippen LogP contribution in [-0.4, -0.2) is 16.6 Å². The molecule has 1 aromatic carbocycles. The number of halogens is 2. The van der Waals surface area contributed by atoms with E-state index < -0.39 is 11.5 Å². The van der Waals surface area contributed by atoms with E-state index in [1.807, 2.05) is 0 Å². The van der Waals surface area contributed by atoms with Crippen LogP contribution in [0.15, 0.2) is 24.3 Å². The van der Waals surface area contributed by atoms with E-state index in [9.17, 15) is 9.18 Å². The highest BCUT2D eigenvalue weighted by Crippen LogP contribution is 2.11. The first-order valence-electron chi connectivity index (χ1n) is 4.18. The molecule has 0 heterocycles. The van der Waals surface area contributed by atoms with Crippen molar-refractivity contribution in [3.05, 3.63) is 35.6 Å². The average Bonchev–Trinajstić information content (AvgIpc) is 2.08. The smallest absolute Gasteiger partial charge is 0.323 e. The molecule has 1 atom stereocenters. The van der Waals surface area contributed by atoms with Crippen molar-refractivity contribution in [3.8, 4) is 0 Å². The first kappa shape index (κ1) is 13.9. The number of benzene rings is 1. The fraction of sp³-hybridized carbons (Fsp3) is 0.300. The van der Waals surface area contributed by atoms with Gasteiger partial charge in [0.15, 0.2) is 0 Å². The zero-order chi connectivity index (χ0) is 10.8. The molecule has 3 N–H and O–H groups in total. The minimum atomic E-state index is -1.31. The maximum atomic E-state index is 12.5. The summed E-state index contributed by atoms with van der Waals surface area (Å²) in [4.78, 5) is 10.7. The summed E-state index contributed by atoms with van der Waals surface area (Å²) in [6.07, 6.45) is 0.183. The van der Waals surface area contributed by atoms with Gasteiger partial charge >= 0.3 is 5.97 Å². The molecule has 0 bridgehead atoms. The molecule has 0 saturated heterocycles. The number of rotatable bonds is 3. The third kappa shape index (κ3) is 3.85. The largest absolute Gasteiger partial charge is 0.480 e. The van der Waals surface area contributed by atoms with Gasteiger partial charge in [-0.3, -0.25) is 4.79 Å². The second-order valence-electron chi connectivity index (χ2n) is 3.53. The van der Waals surface area contributed by atoms with Gasteiger partial charge in [0.05, 0.1) is 0 Å². The molecule has 0 aliphatic carbocycles. The molecule has 0 amide bonds. The molecule has 5 heteroatoms. The zero-order valence-electron chi connectivity index (χ0n) is 8.24. The van der Waals surface area contributed by atoms with Gasteiger partial charge in [-0.15, -0.1) is 12.4 Å². The topological polar surface area (TPSA) is 63.3 Å². The molecule has 1 aromatic rings. The Hall–Kier alpha value is -1.13. The van der Waals surface area contributed by atoms with Crippen LogP contribution >= 0.6 is 12.4 Å². The number of carboxylic acid groups (broad SMARTS) is 1. The summed E-state index contributed by atoms with van der Waals surface area (Å²) < 4.78 is 12.5. The first-order valence-corrected chi connectivity index (χ1v) is 4.18. The second kappa shape index (κ2) is 5.09. The zero-order valence-corrected chi connectivity index (χ0v) is 9.05. The number of carbonyl (C=O) groups is 1. The van der Waals surface area contributed by atoms with Gasteiger partial charge in [0.25, 0.3) is 0 Å². The van der Waals surface area contributed by atoms with Crippen molar-refractivity contribution in [1.29, 1.82) is 0 Å². The Balaban J connectivity index is 0.00000196. The van der Waals surface area contributed by atoms with Crippen LogP contribution < -0.4 is 5.73 Å². The standard InChI is InChI=1S/C10H12FNO2.ClH/c1-10(12,9(13)14)6-7-2-4-8(11)5-3-7;/h2-5H,6,12H2,1H3,(H,13,14);1H. The van der Waals surface area contributed by atoms with Gasteiger partial charge in [-0.1, -0.05) is 12.1 Å². The second-order valence-corrected chi connectivity index (χ2v) is 3.53. The molecule has 0 fully saturated rings. The highest BCUT2D eigenvalue weighted by atomic mass is 35.5. The molecule has 0 saturated carbocycles. The van der Waals surface area contributed by atoms with Gasteiger partial charge in [-0.2, -0.15) is 0 Å². The Morgan fingerprint density at radius 2 is 1.93 bits per heavy atom. The molecule has 0 aliphatic rings. The van der Waals surface area contributed by atoms with E-state index in [1.54, 1.807) is 0 Å². The van der Waals surface area contributed by atoms with Crippen molar-refractivity contribution in [2.45, 2.75) is 18.9 Å². The summed E-state index contributed by atoms with van der Waals surface area (Å²) in [7, 11) is 0. The van der Waals surface area contributed by atoms with Crippen LogP contribution in [0.5, 0.6) is 0 Å². The lowest BCUT2D eigenvalue weighted by molar-refractivity contribution is -0.142. The Bertz CT molecular complexity index is 338. The van der Waals surface area contributed by atoms with E-state index in [1.165, 1.54) is 31.2 Å². The molecular weight excluding hydrogens is 221 g/mol. The Morgan fingerprint density at radius 1 is 1.47 bits per heavy atom.